The van der Waals surface area contributed by atoms with Crippen LogP contribution in [-0.4, -0.2) is 26.6 Å². The molecule has 0 aliphatic heterocycles. The number of aromatic nitrogens is 2. The Labute approximate surface area is 137 Å². The quantitative estimate of drug-likeness (QED) is 0.620. The van der Waals surface area contributed by atoms with Gasteiger partial charge >= 0.3 is 11.2 Å². The van der Waals surface area contributed by atoms with Crippen LogP contribution in [0.5, 0.6) is 11.6 Å². The average molecular weight is 331 g/mol. The number of nitro groups is 1. The largest absolute Gasteiger partial charge is 0.493 e. The van der Waals surface area contributed by atoms with E-state index in [0.29, 0.717) is 12.5 Å². The zero-order valence-electron chi connectivity index (χ0n) is 13.2. The summed E-state index contributed by atoms with van der Waals surface area (Å²) in [5, 5.41) is 20.1. The molecule has 0 saturated heterocycles. The SMILES string of the molecule is CC(C)COc1ccc(/C=C/c2nc(O)c([N+](=O)[O-])c(=O)[nH]2)cc1. The molecule has 2 N–H and O–H groups in total. The molecule has 0 amide bonds. The minimum Gasteiger partial charge on any atom is -0.493 e. The molecule has 24 heavy (non-hydrogen) atoms. The number of aromatic amines is 1. The molecule has 0 bridgehead atoms. The van der Waals surface area contributed by atoms with Crippen LogP contribution in [0.2, 0.25) is 0 Å². The fourth-order valence-corrected chi connectivity index (χ4v) is 1.83. The van der Waals surface area contributed by atoms with Gasteiger partial charge in [-0.2, -0.15) is 4.98 Å². The van der Waals surface area contributed by atoms with Crippen LogP contribution in [0.4, 0.5) is 5.69 Å². The lowest BCUT2D eigenvalue weighted by molar-refractivity contribution is -0.387. The number of rotatable bonds is 6. The van der Waals surface area contributed by atoms with Gasteiger partial charge in [0.15, 0.2) is 0 Å². The minimum atomic E-state index is -1.01. The first-order valence-electron chi connectivity index (χ1n) is 7.25. The van der Waals surface area contributed by atoms with E-state index in [2.05, 4.69) is 23.8 Å². The Morgan fingerprint density at radius 3 is 2.54 bits per heavy atom. The van der Waals surface area contributed by atoms with Gasteiger partial charge in [-0.15, -0.1) is 0 Å². The maximum absolute atomic E-state index is 11.5. The van der Waals surface area contributed by atoms with Gasteiger partial charge in [-0.05, 0) is 29.7 Å². The summed E-state index contributed by atoms with van der Waals surface area (Å²) in [5.41, 5.74) is -1.17. The zero-order valence-corrected chi connectivity index (χ0v) is 13.2. The van der Waals surface area contributed by atoms with Crippen molar-refractivity contribution >= 4 is 17.8 Å². The summed E-state index contributed by atoms with van der Waals surface area (Å²) >= 11 is 0. The van der Waals surface area contributed by atoms with Gasteiger partial charge < -0.3 is 14.8 Å². The smallest absolute Gasteiger partial charge is 0.395 e. The number of hydrogen-bond donors (Lipinski definition) is 2. The Bertz CT molecular complexity index is 809. The van der Waals surface area contributed by atoms with Crippen molar-refractivity contribution < 1.29 is 14.8 Å². The highest BCUT2D eigenvalue weighted by molar-refractivity contribution is 5.67. The normalized spacial score (nSPS) is 11.1. The second kappa shape index (κ2) is 7.40. The van der Waals surface area contributed by atoms with Gasteiger partial charge in [-0.1, -0.05) is 32.1 Å². The maximum atomic E-state index is 11.5. The van der Waals surface area contributed by atoms with E-state index < -0.39 is 22.0 Å². The third-order valence-corrected chi connectivity index (χ3v) is 2.97. The molecule has 0 fully saturated rings. The molecule has 1 heterocycles. The molecule has 0 radical (unpaired) electrons. The van der Waals surface area contributed by atoms with E-state index in [4.69, 9.17) is 4.74 Å². The first-order valence-corrected chi connectivity index (χ1v) is 7.25. The van der Waals surface area contributed by atoms with Gasteiger partial charge in [0.05, 0.1) is 11.5 Å². The van der Waals surface area contributed by atoms with Gasteiger partial charge in [0, 0.05) is 0 Å². The number of aromatic hydroxyl groups is 1. The molecule has 126 valence electrons. The molecule has 0 aliphatic rings. The number of nitrogens with zero attached hydrogens (tertiary/aromatic N) is 2. The van der Waals surface area contributed by atoms with Crippen molar-refractivity contribution in [2.75, 3.05) is 6.61 Å². The molecule has 0 saturated carbocycles. The van der Waals surface area contributed by atoms with Crippen LogP contribution in [-0.2, 0) is 0 Å². The molecule has 2 aromatic rings. The summed E-state index contributed by atoms with van der Waals surface area (Å²) in [4.78, 5) is 27.0. The van der Waals surface area contributed by atoms with E-state index in [9.17, 15) is 20.0 Å². The van der Waals surface area contributed by atoms with Crippen molar-refractivity contribution in [1.82, 2.24) is 9.97 Å². The van der Waals surface area contributed by atoms with Crippen molar-refractivity contribution in [3.63, 3.8) is 0 Å². The van der Waals surface area contributed by atoms with Crippen LogP contribution in [0.3, 0.4) is 0 Å². The van der Waals surface area contributed by atoms with Gasteiger partial charge in [-0.25, -0.2) is 0 Å². The Morgan fingerprint density at radius 1 is 1.33 bits per heavy atom. The summed E-state index contributed by atoms with van der Waals surface area (Å²) in [6, 6.07) is 7.25. The lowest BCUT2D eigenvalue weighted by atomic mass is 10.2. The minimum absolute atomic E-state index is 0.0169. The molecular weight excluding hydrogens is 314 g/mol. The number of nitrogens with one attached hydrogen (secondary N) is 1. The zero-order chi connectivity index (χ0) is 17.7. The first-order chi connectivity index (χ1) is 11.4. The van der Waals surface area contributed by atoms with Crippen LogP contribution >= 0.6 is 0 Å². The summed E-state index contributed by atoms with van der Waals surface area (Å²) in [6.45, 7) is 4.75. The van der Waals surface area contributed by atoms with E-state index >= 15 is 0 Å². The van der Waals surface area contributed by atoms with E-state index in [-0.39, 0.29) is 5.82 Å². The fourth-order valence-electron chi connectivity index (χ4n) is 1.83. The van der Waals surface area contributed by atoms with E-state index in [1.54, 1.807) is 6.08 Å². The lowest BCUT2D eigenvalue weighted by Gasteiger charge is -2.08. The van der Waals surface area contributed by atoms with Gasteiger partial charge in [0.2, 0.25) is 0 Å². The molecule has 1 aromatic heterocycles. The second-order valence-corrected chi connectivity index (χ2v) is 5.49. The van der Waals surface area contributed by atoms with Crippen molar-refractivity contribution in [2.45, 2.75) is 13.8 Å². The standard InChI is InChI=1S/C16H17N3O5/c1-10(2)9-24-12-6-3-11(4-7-12)5-8-13-17-15(20)14(19(22)23)16(21)18-13/h3-8,10H,9H2,1-2H3,(H2,17,18,20,21)/b8-5+. The molecule has 0 atom stereocenters. The van der Waals surface area contributed by atoms with Crippen LogP contribution in [0.15, 0.2) is 29.1 Å². The number of ether oxygens (including phenoxy) is 1. The highest BCUT2D eigenvalue weighted by atomic mass is 16.6. The molecule has 2 rings (SSSR count). The summed E-state index contributed by atoms with van der Waals surface area (Å²) < 4.78 is 5.57. The second-order valence-electron chi connectivity index (χ2n) is 5.49. The topological polar surface area (TPSA) is 118 Å². The molecule has 1 aromatic carbocycles. The van der Waals surface area contributed by atoms with Gasteiger partial charge in [0.25, 0.3) is 5.88 Å². The third-order valence-electron chi connectivity index (χ3n) is 2.97. The number of benzene rings is 1. The highest BCUT2D eigenvalue weighted by Crippen LogP contribution is 2.18. The number of H-pyrrole nitrogens is 1. The van der Waals surface area contributed by atoms with E-state index in [0.717, 1.165) is 11.3 Å². The maximum Gasteiger partial charge on any atom is 0.395 e. The summed E-state index contributed by atoms with van der Waals surface area (Å²) in [7, 11) is 0. The number of hydrogen-bond acceptors (Lipinski definition) is 6. The van der Waals surface area contributed by atoms with Crippen molar-refractivity contribution in [1.29, 1.82) is 0 Å². The predicted octanol–water partition coefficient (Wildman–Crippen LogP) is 2.59. The van der Waals surface area contributed by atoms with Crippen molar-refractivity contribution in [2.24, 2.45) is 5.92 Å². The average Bonchev–Trinajstić information content (AvgIpc) is 2.51. The Kier molecular flexibility index (Phi) is 5.31. The molecular formula is C16H17N3O5. The third kappa shape index (κ3) is 4.42. The van der Waals surface area contributed by atoms with Crippen molar-refractivity contribution in [3.8, 4) is 11.6 Å². The molecule has 0 unspecified atom stereocenters. The molecule has 0 aliphatic carbocycles. The first kappa shape index (κ1) is 17.2. The Balaban J connectivity index is 2.13. The van der Waals surface area contributed by atoms with Crippen LogP contribution in [0.1, 0.15) is 25.2 Å². The molecule has 0 spiro atoms. The van der Waals surface area contributed by atoms with Gasteiger partial charge in [-0.3, -0.25) is 14.9 Å². The van der Waals surface area contributed by atoms with E-state index in [1.165, 1.54) is 6.08 Å². The molecule has 8 heteroatoms. The van der Waals surface area contributed by atoms with Crippen LogP contribution in [0.25, 0.3) is 12.2 Å². The Morgan fingerprint density at radius 2 is 2.00 bits per heavy atom. The lowest BCUT2D eigenvalue weighted by Crippen LogP contribution is -2.14. The molecule has 8 nitrogen and oxygen atoms in total. The van der Waals surface area contributed by atoms with Gasteiger partial charge in [0.1, 0.15) is 11.6 Å². The monoisotopic (exact) mass is 331 g/mol. The van der Waals surface area contributed by atoms with Crippen LogP contribution < -0.4 is 10.3 Å². The van der Waals surface area contributed by atoms with Crippen molar-refractivity contribution in [3.05, 3.63) is 56.1 Å². The highest BCUT2D eigenvalue weighted by Gasteiger charge is 2.21. The Hall–Kier alpha value is -3.16. The summed E-state index contributed by atoms with van der Waals surface area (Å²) in [6.07, 6.45) is 3.09. The predicted molar refractivity (Wildman–Crippen MR) is 88.9 cm³/mol. The van der Waals surface area contributed by atoms with Crippen LogP contribution in [0, 0.1) is 16.0 Å². The summed E-state index contributed by atoms with van der Waals surface area (Å²) in [5.74, 6) is 0.284. The van der Waals surface area contributed by atoms with E-state index in [1.807, 2.05) is 24.3 Å². The fraction of sp³-hybridized carbons (Fsp3) is 0.250.